The van der Waals surface area contributed by atoms with Crippen LogP contribution in [0.1, 0.15) is 21.6 Å². The third kappa shape index (κ3) is 4.89. The van der Waals surface area contributed by atoms with Gasteiger partial charge in [0.25, 0.3) is 5.91 Å². The maximum atomic E-state index is 12.0. The van der Waals surface area contributed by atoms with Crippen molar-refractivity contribution < 1.29 is 19.1 Å². The standard InChI is InChI=1S/C19H17N3O4S/c1-14-5-7-15(8-6-14)12-21-10-11-27-19(21)20-17(23)13-26-18(24)16-4-2-3-9-22(16)25/h2-11H,12-13H2,1H3. The van der Waals surface area contributed by atoms with Crippen LogP contribution in [0.4, 0.5) is 0 Å². The van der Waals surface area contributed by atoms with E-state index in [0.717, 1.165) is 5.56 Å². The van der Waals surface area contributed by atoms with Crippen molar-refractivity contribution in [2.45, 2.75) is 13.5 Å². The van der Waals surface area contributed by atoms with Gasteiger partial charge in [-0.25, -0.2) is 4.79 Å². The van der Waals surface area contributed by atoms with Gasteiger partial charge in [-0.3, -0.25) is 4.79 Å². The first-order chi connectivity index (χ1) is 13.0. The summed E-state index contributed by atoms with van der Waals surface area (Å²) < 4.78 is 7.12. The van der Waals surface area contributed by atoms with Gasteiger partial charge in [0.2, 0.25) is 0 Å². The summed E-state index contributed by atoms with van der Waals surface area (Å²) >= 11 is 1.31. The molecule has 0 spiro atoms. The number of pyridine rings is 1. The number of thiazole rings is 1. The van der Waals surface area contributed by atoms with Crippen LogP contribution in [0.5, 0.6) is 0 Å². The van der Waals surface area contributed by atoms with Crippen molar-refractivity contribution in [1.82, 2.24) is 4.57 Å². The second kappa shape index (κ2) is 8.41. The molecule has 0 saturated heterocycles. The highest BCUT2D eigenvalue weighted by Crippen LogP contribution is 2.05. The molecule has 0 N–H and O–H groups in total. The van der Waals surface area contributed by atoms with Crippen LogP contribution in [0.15, 0.2) is 65.2 Å². The van der Waals surface area contributed by atoms with Gasteiger partial charge in [-0.1, -0.05) is 29.8 Å². The van der Waals surface area contributed by atoms with E-state index < -0.39 is 18.5 Å². The average molecular weight is 383 g/mol. The first kappa shape index (κ1) is 18.5. The van der Waals surface area contributed by atoms with Crippen molar-refractivity contribution in [3.05, 3.63) is 87.1 Å². The second-order valence-electron chi connectivity index (χ2n) is 5.79. The topological polar surface area (TPSA) is 87.6 Å². The molecule has 0 aliphatic carbocycles. The maximum Gasteiger partial charge on any atom is 0.405 e. The van der Waals surface area contributed by atoms with E-state index in [-0.39, 0.29) is 5.69 Å². The minimum Gasteiger partial charge on any atom is -0.618 e. The quantitative estimate of drug-likeness (QED) is 0.382. The lowest BCUT2D eigenvalue weighted by atomic mass is 10.1. The molecule has 0 atom stereocenters. The molecule has 1 aromatic carbocycles. The molecule has 1 amide bonds. The molecule has 0 fully saturated rings. The minimum atomic E-state index is -0.868. The molecular formula is C19H17N3O4S. The smallest absolute Gasteiger partial charge is 0.405 e. The van der Waals surface area contributed by atoms with Crippen molar-refractivity contribution in [2.24, 2.45) is 4.99 Å². The molecule has 27 heavy (non-hydrogen) atoms. The van der Waals surface area contributed by atoms with E-state index in [4.69, 9.17) is 4.74 Å². The number of carbonyl (C=O) groups excluding carboxylic acids is 2. The number of rotatable bonds is 5. The SMILES string of the molecule is Cc1ccc(Cn2ccsc2=NC(=O)COC(=O)c2cccc[n+]2[O-])cc1. The zero-order valence-electron chi connectivity index (χ0n) is 14.6. The highest BCUT2D eigenvalue weighted by Gasteiger charge is 2.18. The fourth-order valence-electron chi connectivity index (χ4n) is 2.32. The monoisotopic (exact) mass is 383 g/mol. The average Bonchev–Trinajstić information content (AvgIpc) is 3.08. The Balaban J connectivity index is 1.66. The van der Waals surface area contributed by atoms with E-state index in [0.29, 0.717) is 16.1 Å². The summed E-state index contributed by atoms with van der Waals surface area (Å²) in [6, 6.07) is 12.4. The Morgan fingerprint density at radius 2 is 2.00 bits per heavy atom. The molecule has 3 aromatic rings. The Bertz CT molecular complexity index is 1020. The molecule has 138 valence electrons. The molecule has 0 aliphatic rings. The Morgan fingerprint density at radius 1 is 1.22 bits per heavy atom. The lowest BCUT2D eigenvalue weighted by Crippen LogP contribution is -2.35. The zero-order valence-corrected chi connectivity index (χ0v) is 15.4. The van der Waals surface area contributed by atoms with Crippen LogP contribution < -0.4 is 9.53 Å². The summed E-state index contributed by atoms with van der Waals surface area (Å²) in [5.74, 6) is -1.47. The fourth-order valence-corrected chi connectivity index (χ4v) is 3.07. The van der Waals surface area contributed by atoms with Crippen molar-refractivity contribution in [1.29, 1.82) is 0 Å². The summed E-state index contributed by atoms with van der Waals surface area (Å²) in [6.45, 7) is 2.07. The number of benzene rings is 1. The van der Waals surface area contributed by atoms with Crippen LogP contribution in [-0.2, 0) is 16.1 Å². The van der Waals surface area contributed by atoms with Crippen molar-refractivity contribution in [3.63, 3.8) is 0 Å². The van der Waals surface area contributed by atoms with Crippen molar-refractivity contribution in [3.8, 4) is 0 Å². The van der Waals surface area contributed by atoms with Crippen LogP contribution in [0, 0.1) is 12.1 Å². The van der Waals surface area contributed by atoms with Gasteiger partial charge in [0.15, 0.2) is 17.6 Å². The summed E-state index contributed by atoms with van der Waals surface area (Å²) in [4.78, 5) is 28.4. The van der Waals surface area contributed by atoms with E-state index in [9.17, 15) is 14.8 Å². The molecule has 2 aromatic heterocycles. The van der Waals surface area contributed by atoms with Gasteiger partial charge < -0.3 is 14.5 Å². The number of amides is 1. The van der Waals surface area contributed by atoms with E-state index >= 15 is 0 Å². The first-order valence-electron chi connectivity index (χ1n) is 8.15. The predicted octanol–water partition coefficient (Wildman–Crippen LogP) is 1.82. The van der Waals surface area contributed by atoms with Crippen LogP contribution in [-0.4, -0.2) is 23.1 Å². The summed E-state index contributed by atoms with van der Waals surface area (Å²) in [6.07, 6.45) is 3.02. The lowest BCUT2D eigenvalue weighted by Gasteiger charge is -2.04. The first-order valence-corrected chi connectivity index (χ1v) is 9.03. The Labute approximate surface area is 159 Å². The third-order valence-electron chi connectivity index (χ3n) is 3.71. The number of hydrogen-bond acceptors (Lipinski definition) is 5. The van der Waals surface area contributed by atoms with Crippen molar-refractivity contribution >= 4 is 23.2 Å². The molecule has 0 saturated carbocycles. The van der Waals surface area contributed by atoms with Crippen LogP contribution in [0.2, 0.25) is 0 Å². The molecule has 3 rings (SSSR count). The normalized spacial score (nSPS) is 11.4. The Kier molecular flexibility index (Phi) is 5.77. The predicted molar refractivity (Wildman–Crippen MR) is 98.8 cm³/mol. The van der Waals surface area contributed by atoms with Gasteiger partial charge in [0.1, 0.15) is 0 Å². The molecule has 2 heterocycles. The maximum absolute atomic E-state index is 12.0. The number of hydrogen-bond donors (Lipinski definition) is 0. The van der Waals surface area contributed by atoms with Crippen LogP contribution >= 0.6 is 11.3 Å². The van der Waals surface area contributed by atoms with E-state index in [1.54, 1.807) is 0 Å². The molecule has 0 aliphatic heterocycles. The Hall–Kier alpha value is -3.26. The fraction of sp³-hybridized carbons (Fsp3) is 0.158. The van der Waals surface area contributed by atoms with Crippen LogP contribution in [0.3, 0.4) is 0 Å². The summed E-state index contributed by atoms with van der Waals surface area (Å²) in [7, 11) is 0. The van der Waals surface area contributed by atoms with Gasteiger partial charge in [0.05, 0.1) is 0 Å². The number of aryl methyl sites for hydroxylation is 1. The van der Waals surface area contributed by atoms with Crippen molar-refractivity contribution in [2.75, 3.05) is 6.61 Å². The van der Waals surface area contributed by atoms with E-state index in [2.05, 4.69) is 4.99 Å². The summed E-state index contributed by atoms with van der Waals surface area (Å²) in [5, 5.41) is 13.3. The molecule has 0 unspecified atom stereocenters. The highest BCUT2D eigenvalue weighted by atomic mass is 32.1. The lowest BCUT2D eigenvalue weighted by molar-refractivity contribution is -0.608. The number of aromatic nitrogens is 2. The Morgan fingerprint density at radius 3 is 2.74 bits per heavy atom. The second-order valence-corrected chi connectivity index (χ2v) is 6.67. The number of nitrogens with zero attached hydrogens (tertiary/aromatic N) is 3. The van der Waals surface area contributed by atoms with Gasteiger partial charge in [-0.2, -0.15) is 9.72 Å². The molecular weight excluding hydrogens is 366 g/mol. The van der Waals surface area contributed by atoms with E-state index in [1.165, 1.54) is 41.3 Å². The van der Waals surface area contributed by atoms with Gasteiger partial charge in [0, 0.05) is 30.3 Å². The van der Waals surface area contributed by atoms with Crippen LogP contribution in [0.25, 0.3) is 0 Å². The largest absolute Gasteiger partial charge is 0.618 e. The molecule has 0 radical (unpaired) electrons. The highest BCUT2D eigenvalue weighted by molar-refractivity contribution is 7.07. The van der Waals surface area contributed by atoms with Gasteiger partial charge in [-0.05, 0) is 18.6 Å². The third-order valence-corrected chi connectivity index (χ3v) is 4.51. The number of ether oxygens (including phenoxy) is 1. The summed E-state index contributed by atoms with van der Waals surface area (Å²) in [5.41, 5.74) is 2.08. The zero-order chi connectivity index (χ0) is 19.2. The minimum absolute atomic E-state index is 0.184. The van der Waals surface area contributed by atoms with Gasteiger partial charge in [-0.15, -0.1) is 11.3 Å². The van der Waals surface area contributed by atoms with E-state index in [1.807, 2.05) is 47.3 Å². The number of esters is 1. The molecule has 0 bridgehead atoms. The molecule has 8 heteroatoms. The molecule has 7 nitrogen and oxygen atoms in total. The number of carbonyl (C=O) groups is 2. The van der Waals surface area contributed by atoms with Gasteiger partial charge >= 0.3 is 11.7 Å².